The summed E-state index contributed by atoms with van der Waals surface area (Å²) in [5.74, 6) is -0.547. The van der Waals surface area contributed by atoms with Gasteiger partial charge in [-0.25, -0.2) is 16.8 Å². The number of hydrogen-bond donors (Lipinski definition) is 2. The number of sulfonamides is 2. The quantitative estimate of drug-likeness (QED) is 0.284. The Hall–Kier alpha value is -3.67. The lowest BCUT2D eigenvalue weighted by Crippen LogP contribution is -2.29. The molecule has 0 bridgehead atoms. The summed E-state index contributed by atoms with van der Waals surface area (Å²) in [4.78, 5) is 13.2. The zero-order chi connectivity index (χ0) is 26.6. The van der Waals surface area contributed by atoms with Gasteiger partial charge in [0.1, 0.15) is 0 Å². The van der Waals surface area contributed by atoms with E-state index in [2.05, 4.69) is 26.0 Å². The van der Waals surface area contributed by atoms with Crippen LogP contribution in [0.1, 0.15) is 10.4 Å². The van der Waals surface area contributed by atoms with Crippen molar-refractivity contribution in [2.24, 2.45) is 0 Å². The Bertz CT molecular complexity index is 1630. The Morgan fingerprint density at radius 1 is 0.703 bits per heavy atom. The molecule has 0 radical (unpaired) electrons. The van der Waals surface area contributed by atoms with E-state index in [1.165, 1.54) is 49.5 Å². The summed E-state index contributed by atoms with van der Waals surface area (Å²) in [7, 11) is -6.35. The van der Waals surface area contributed by atoms with Crippen LogP contribution >= 0.6 is 15.9 Å². The summed E-state index contributed by atoms with van der Waals surface area (Å²) in [5.41, 5.74) is 1.09. The van der Waals surface area contributed by atoms with Gasteiger partial charge < -0.3 is 5.32 Å². The Morgan fingerprint density at radius 3 is 1.92 bits per heavy atom. The van der Waals surface area contributed by atoms with Crippen molar-refractivity contribution in [1.82, 2.24) is 0 Å². The van der Waals surface area contributed by atoms with Crippen LogP contribution in [0.15, 0.2) is 117 Å². The molecule has 2 N–H and O–H groups in total. The average molecular weight is 601 g/mol. The second kappa shape index (κ2) is 10.8. The van der Waals surface area contributed by atoms with E-state index in [9.17, 15) is 21.6 Å². The van der Waals surface area contributed by atoms with Gasteiger partial charge in [0.25, 0.3) is 26.0 Å². The van der Waals surface area contributed by atoms with Gasteiger partial charge in [-0.05, 0) is 72.8 Å². The van der Waals surface area contributed by atoms with Gasteiger partial charge in [-0.3, -0.25) is 13.8 Å². The monoisotopic (exact) mass is 599 g/mol. The largest absolute Gasteiger partial charge is 0.322 e. The van der Waals surface area contributed by atoms with Crippen LogP contribution in [0.5, 0.6) is 0 Å². The molecule has 0 saturated carbocycles. The SMILES string of the molecule is CN(c1ccccc1C(=O)Nc1ccc(S(=O)(=O)Nc2ccc(Br)cc2)cc1)S(=O)(=O)c1ccccc1. The number of halogens is 1. The van der Waals surface area contributed by atoms with E-state index in [0.29, 0.717) is 11.4 Å². The van der Waals surface area contributed by atoms with Gasteiger partial charge in [0.15, 0.2) is 0 Å². The van der Waals surface area contributed by atoms with Crippen molar-refractivity contribution < 1.29 is 21.6 Å². The first kappa shape index (κ1) is 26.4. The van der Waals surface area contributed by atoms with Crippen LogP contribution in [0.25, 0.3) is 0 Å². The second-order valence-electron chi connectivity index (χ2n) is 7.89. The van der Waals surface area contributed by atoms with E-state index in [-0.39, 0.29) is 21.0 Å². The highest BCUT2D eigenvalue weighted by Crippen LogP contribution is 2.27. The number of anilines is 3. The molecule has 4 aromatic rings. The summed E-state index contributed by atoms with van der Waals surface area (Å²) in [6, 6.07) is 26.6. The van der Waals surface area contributed by atoms with Crippen LogP contribution in [0.3, 0.4) is 0 Å². The predicted molar refractivity (Wildman–Crippen MR) is 148 cm³/mol. The van der Waals surface area contributed by atoms with Crippen molar-refractivity contribution in [3.63, 3.8) is 0 Å². The molecule has 8 nitrogen and oxygen atoms in total. The number of carbonyl (C=O) groups is 1. The maximum absolute atomic E-state index is 13.1. The third kappa shape index (κ3) is 6.01. The first-order valence-electron chi connectivity index (χ1n) is 10.9. The molecule has 190 valence electrons. The first-order valence-corrected chi connectivity index (χ1v) is 14.6. The van der Waals surface area contributed by atoms with E-state index in [1.54, 1.807) is 60.7 Å². The van der Waals surface area contributed by atoms with Crippen LogP contribution in [0.4, 0.5) is 17.1 Å². The van der Waals surface area contributed by atoms with Crippen LogP contribution in [-0.2, 0) is 20.0 Å². The molecule has 0 unspecified atom stereocenters. The van der Waals surface area contributed by atoms with Gasteiger partial charge in [-0.15, -0.1) is 0 Å². The molecule has 0 aromatic heterocycles. The number of nitrogens with zero attached hydrogens (tertiary/aromatic N) is 1. The van der Waals surface area contributed by atoms with Crippen LogP contribution < -0.4 is 14.3 Å². The van der Waals surface area contributed by atoms with E-state index < -0.39 is 26.0 Å². The molecule has 1 amide bonds. The Morgan fingerprint density at radius 2 is 1.27 bits per heavy atom. The zero-order valence-corrected chi connectivity index (χ0v) is 22.7. The van der Waals surface area contributed by atoms with Crippen LogP contribution in [-0.4, -0.2) is 29.8 Å². The molecule has 0 spiro atoms. The standard InChI is InChI=1S/C26H22BrN3O5S2/c1-30(37(34,35)23-7-3-2-4-8-23)25-10-6-5-9-24(25)26(31)28-20-15-17-22(18-16-20)36(32,33)29-21-13-11-19(27)12-14-21/h2-18,29H,1H3,(H,28,31). The third-order valence-electron chi connectivity index (χ3n) is 5.41. The Labute approximate surface area is 224 Å². The van der Waals surface area contributed by atoms with Crippen molar-refractivity contribution in [1.29, 1.82) is 0 Å². The van der Waals surface area contributed by atoms with Gasteiger partial charge >= 0.3 is 0 Å². The summed E-state index contributed by atoms with van der Waals surface area (Å²) in [6.07, 6.45) is 0. The third-order valence-corrected chi connectivity index (χ3v) is 9.12. The predicted octanol–water partition coefficient (Wildman–Crippen LogP) is 5.33. The van der Waals surface area contributed by atoms with Crippen molar-refractivity contribution >= 4 is 58.9 Å². The van der Waals surface area contributed by atoms with Crippen molar-refractivity contribution in [2.75, 3.05) is 21.4 Å². The molecule has 0 fully saturated rings. The minimum absolute atomic E-state index is 0.0162. The highest BCUT2D eigenvalue weighted by atomic mass is 79.9. The summed E-state index contributed by atoms with van der Waals surface area (Å²) in [6.45, 7) is 0. The molecule has 4 aromatic carbocycles. The zero-order valence-electron chi connectivity index (χ0n) is 19.5. The van der Waals surface area contributed by atoms with E-state index >= 15 is 0 Å². The van der Waals surface area contributed by atoms with Crippen molar-refractivity contribution in [2.45, 2.75) is 9.79 Å². The molecule has 0 aliphatic heterocycles. The normalized spacial score (nSPS) is 11.5. The summed E-state index contributed by atoms with van der Waals surface area (Å²) in [5, 5.41) is 2.70. The number of para-hydroxylation sites is 1. The minimum Gasteiger partial charge on any atom is -0.322 e. The van der Waals surface area contributed by atoms with E-state index in [4.69, 9.17) is 0 Å². The van der Waals surface area contributed by atoms with Gasteiger partial charge in [-0.1, -0.05) is 46.3 Å². The molecular formula is C26H22BrN3O5S2. The van der Waals surface area contributed by atoms with Gasteiger partial charge in [0.05, 0.1) is 21.0 Å². The van der Waals surface area contributed by atoms with E-state index in [1.807, 2.05) is 0 Å². The topological polar surface area (TPSA) is 113 Å². The number of nitrogens with one attached hydrogen (secondary N) is 2. The lowest BCUT2D eigenvalue weighted by atomic mass is 10.1. The maximum atomic E-state index is 13.1. The number of amides is 1. The number of rotatable bonds is 8. The van der Waals surface area contributed by atoms with Gasteiger partial charge in [-0.2, -0.15) is 0 Å². The van der Waals surface area contributed by atoms with Gasteiger partial charge in [0.2, 0.25) is 0 Å². The van der Waals surface area contributed by atoms with Crippen molar-refractivity contribution in [3.05, 3.63) is 113 Å². The molecule has 11 heteroatoms. The van der Waals surface area contributed by atoms with Crippen LogP contribution in [0, 0.1) is 0 Å². The molecule has 0 aliphatic carbocycles. The van der Waals surface area contributed by atoms with E-state index in [0.717, 1.165) is 8.78 Å². The molecule has 0 heterocycles. The van der Waals surface area contributed by atoms with Crippen molar-refractivity contribution in [3.8, 4) is 0 Å². The Balaban J connectivity index is 1.53. The number of hydrogen-bond acceptors (Lipinski definition) is 5. The van der Waals surface area contributed by atoms with Gasteiger partial charge in [0, 0.05) is 22.9 Å². The lowest BCUT2D eigenvalue weighted by Gasteiger charge is -2.22. The number of carbonyl (C=O) groups excluding carboxylic acids is 1. The smallest absolute Gasteiger partial charge is 0.264 e. The average Bonchev–Trinajstić information content (AvgIpc) is 2.90. The molecule has 4 rings (SSSR count). The fraction of sp³-hybridized carbons (Fsp3) is 0.0385. The summed E-state index contributed by atoms with van der Waals surface area (Å²) >= 11 is 3.30. The summed E-state index contributed by atoms with van der Waals surface area (Å²) < 4.78 is 55.9. The first-order chi connectivity index (χ1) is 17.6. The Kier molecular flexibility index (Phi) is 7.67. The molecule has 0 atom stereocenters. The molecular weight excluding hydrogens is 578 g/mol. The molecule has 0 saturated heterocycles. The highest BCUT2D eigenvalue weighted by Gasteiger charge is 2.25. The lowest BCUT2D eigenvalue weighted by molar-refractivity contribution is 0.102. The van der Waals surface area contributed by atoms with Crippen LogP contribution in [0.2, 0.25) is 0 Å². The highest BCUT2D eigenvalue weighted by molar-refractivity contribution is 9.10. The maximum Gasteiger partial charge on any atom is 0.264 e. The minimum atomic E-state index is -3.89. The molecule has 37 heavy (non-hydrogen) atoms. The number of benzene rings is 4. The fourth-order valence-corrected chi connectivity index (χ4v) is 6.03. The fourth-order valence-electron chi connectivity index (χ4n) is 3.47. The molecule has 0 aliphatic rings. The second-order valence-corrected chi connectivity index (χ2v) is 12.5.